The Morgan fingerprint density at radius 1 is 1.06 bits per heavy atom. The Balaban J connectivity index is 1.69. The molecule has 0 aliphatic carbocycles. The third-order valence-electron chi connectivity index (χ3n) is 6.01. The van der Waals surface area contributed by atoms with E-state index in [0.29, 0.717) is 25.2 Å². The number of rotatable bonds is 5. The minimum Gasteiger partial charge on any atom is -0.507 e. The molecule has 1 saturated heterocycles. The number of aromatic nitrogens is 2. The first kappa shape index (κ1) is 21.1. The lowest BCUT2D eigenvalue weighted by molar-refractivity contribution is 0.207. The SMILES string of the molecule is CCn1c(C)cc(O)c(C(c2ccncc2)N2CCN(c3ccc(F)cc3)CC2)c1=O. The highest BCUT2D eigenvalue weighted by atomic mass is 19.1. The van der Waals surface area contributed by atoms with E-state index in [2.05, 4.69) is 14.8 Å². The third-order valence-corrected chi connectivity index (χ3v) is 6.01. The van der Waals surface area contributed by atoms with Gasteiger partial charge in [0.15, 0.2) is 0 Å². The van der Waals surface area contributed by atoms with Crippen LogP contribution in [-0.2, 0) is 6.54 Å². The Kier molecular flexibility index (Phi) is 6.04. The van der Waals surface area contributed by atoms with Crippen molar-refractivity contribution in [1.29, 1.82) is 0 Å². The standard InChI is InChI=1S/C24H27FN4O2/c1-3-29-17(2)16-21(30)22(24(29)31)23(18-8-10-26-11-9-18)28-14-12-27(13-15-28)20-6-4-19(25)5-7-20/h4-11,16,23,30H,3,12-15H2,1-2H3. The van der Waals surface area contributed by atoms with Crippen molar-refractivity contribution < 1.29 is 9.50 Å². The van der Waals surface area contributed by atoms with E-state index in [4.69, 9.17) is 0 Å². The van der Waals surface area contributed by atoms with Crippen molar-refractivity contribution in [2.75, 3.05) is 31.1 Å². The molecule has 0 saturated carbocycles. The summed E-state index contributed by atoms with van der Waals surface area (Å²) in [5.74, 6) is -0.225. The summed E-state index contributed by atoms with van der Waals surface area (Å²) in [5, 5.41) is 10.8. The fraction of sp³-hybridized carbons (Fsp3) is 0.333. The number of halogens is 1. The quantitative estimate of drug-likeness (QED) is 0.684. The molecule has 3 heterocycles. The van der Waals surface area contributed by atoms with Gasteiger partial charge in [-0.15, -0.1) is 0 Å². The monoisotopic (exact) mass is 422 g/mol. The molecule has 4 rings (SSSR count). The molecule has 31 heavy (non-hydrogen) atoms. The Morgan fingerprint density at radius 2 is 1.71 bits per heavy atom. The molecule has 0 spiro atoms. The molecule has 1 atom stereocenters. The normalized spacial score (nSPS) is 15.8. The summed E-state index contributed by atoms with van der Waals surface area (Å²) in [5.41, 5.74) is 2.87. The van der Waals surface area contributed by atoms with Gasteiger partial charge >= 0.3 is 0 Å². The number of piperazine rings is 1. The average Bonchev–Trinajstić information content (AvgIpc) is 2.78. The molecule has 6 nitrogen and oxygen atoms in total. The van der Waals surface area contributed by atoms with Crippen molar-refractivity contribution in [2.24, 2.45) is 0 Å². The van der Waals surface area contributed by atoms with E-state index in [-0.39, 0.29) is 23.2 Å². The highest BCUT2D eigenvalue weighted by Gasteiger charge is 2.31. The van der Waals surface area contributed by atoms with E-state index in [1.165, 1.54) is 12.1 Å². The van der Waals surface area contributed by atoms with E-state index < -0.39 is 0 Å². The van der Waals surface area contributed by atoms with Crippen LogP contribution in [0.5, 0.6) is 5.75 Å². The van der Waals surface area contributed by atoms with E-state index >= 15 is 0 Å². The van der Waals surface area contributed by atoms with Crippen LogP contribution in [0.1, 0.15) is 29.8 Å². The van der Waals surface area contributed by atoms with Gasteiger partial charge in [-0.05, 0) is 61.9 Å². The Hall–Kier alpha value is -3.19. The lowest BCUT2D eigenvalue weighted by Gasteiger charge is -2.40. The predicted molar refractivity (Wildman–Crippen MR) is 119 cm³/mol. The van der Waals surface area contributed by atoms with Gasteiger partial charge in [-0.2, -0.15) is 0 Å². The van der Waals surface area contributed by atoms with Crippen LogP contribution >= 0.6 is 0 Å². The molecule has 7 heteroatoms. The number of anilines is 1. The van der Waals surface area contributed by atoms with Gasteiger partial charge in [0.25, 0.3) is 5.56 Å². The van der Waals surface area contributed by atoms with Gasteiger partial charge in [0.2, 0.25) is 0 Å². The molecule has 1 N–H and O–H groups in total. The van der Waals surface area contributed by atoms with Gasteiger partial charge in [0.05, 0.1) is 11.6 Å². The molecule has 2 aromatic heterocycles. The number of benzene rings is 1. The topological polar surface area (TPSA) is 61.6 Å². The molecule has 1 aliphatic heterocycles. The molecule has 1 aliphatic rings. The summed E-state index contributed by atoms with van der Waals surface area (Å²) >= 11 is 0. The second-order valence-electron chi connectivity index (χ2n) is 7.82. The zero-order valence-electron chi connectivity index (χ0n) is 17.8. The van der Waals surface area contributed by atoms with Crippen molar-refractivity contribution in [3.05, 3.63) is 87.9 Å². The molecule has 162 valence electrons. The molecule has 0 bridgehead atoms. The number of aromatic hydroxyl groups is 1. The van der Waals surface area contributed by atoms with Crippen LogP contribution in [0.15, 0.2) is 59.7 Å². The van der Waals surface area contributed by atoms with Crippen LogP contribution in [-0.4, -0.2) is 45.7 Å². The lowest BCUT2D eigenvalue weighted by Crippen LogP contribution is -2.49. The van der Waals surface area contributed by atoms with Crippen LogP contribution in [0.25, 0.3) is 0 Å². The summed E-state index contributed by atoms with van der Waals surface area (Å²) in [6.45, 7) is 7.17. The molecular formula is C24H27FN4O2. The van der Waals surface area contributed by atoms with Crippen LogP contribution in [0.4, 0.5) is 10.1 Å². The minimum atomic E-state index is -0.371. The summed E-state index contributed by atoms with van der Waals surface area (Å²) < 4.78 is 15.0. The Morgan fingerprint density at radius 3 is 2.32 bits per heavy atom. The fourth-order valence-electron chi connectivity index (χ4n) is 4.41. The number of hydrogen-bond donors (Lipinski definition) is 1. The summed E-state index contributed by atoms with van der Waals surface area (Å²) in [6, 6.07) is 11.6. The maximum atomic E-state index is 13.3. The first-order valence-corrected chi connectivity index (χ1v) is 10.6. The lowest BCUT2D eigenvalue weighted by atomic mass is 9.96. The molecule has 1 aromatic carbocycles. The Bertz CT molecular complexity index is 1090. The van der Waals surface area contributed by atoms with Crippen molar-refractivity contribution in [1.82, 2.24) is 14.5 Å². The molecule has 0 radical (unpaired) electrons. The first-order valence-electron chi connectivity index (χ1n) is 10.6. The summed E-state index contributed by atoms with van der Waals surface area (Å²) in [4.78, 5) is 21.9. The van der Waals surface area contributed by atoms with Crippen LogP contribution in [0.2, 0.25) is 0 Å². The highest BCUT2D eigenvalue weighted by molar-refractivity contribution is 5.47. The average molecular weight is 423 g/mol. The minimum absolute atomic E-state index is 0.0231. The maximum Gasteiger partial charge on any atom is 0.259 e. The number of aryl methyl sites for hydroxylation is 1. The van der Waals surface area contributed by atoms with Gasteiger partial charge in [0.1, 0.15) is 11.6 Å². The largest absolute Gasteiger partial charge is 0.507 e. The van der Waals surface area contributed by atoms with E-state index in [9.17, 15) is 14.3 Å². The van der Waals surface area contributed by atoms with Gasteiger partial charge in [-0.25, -0.2) is 4.39 Å². The molecule has 0 amide bonds. The molecular weight excluding hydrogens is 395 g/mol. The fourth-order valence-corrected chi connectivity index (χ4v) is 4.41. The number of pyridine rings is 2. The van der Waals surface area contributed by atoms with Crippen LogP contribution in [0.3, 0.4) is 0 Å². The highest BCUT2D eigenvalue weighted by Crippen LogP contribution is 2.33. The molecule has 1 fully saturated rings. The van der Waals surface area contributed by atoms with Crippen LogP contribution < -0.4 is 10.5 Å². The second-order valence-corrected chi connectivity index (χ2v) is 7.82. The Labute approximate surface area is 181 Å². The smallest absolute Gasteiger partial charge is 0.259 e. The van der Waals surface area contributed by atoms with E-state index in [0.717, 1.165) is 30.0 Å². The first-order chi connectivity index (χ1) is 15.0. The summed E-state index contributed by atoms with van der Waals surface area (Å²) in [7, 11) is 0. The number of nitrogens with zero attached hydrogens (tertiary/aromatic N) is 4. The van der Waals surface area contributed by atoms with Crippen molar-refractivity contribution >= 4 is 5.69 Å². The third kappa shape index (κ3) is 4.18. The van der Waals surface area contributed by atoms with Gasteiger partial charge in [-0.1, -0.05) is 0 Å². The van der Waals surface area contributed by atoms with Gasteiger partial charge < -0.3 is 14.6 Å². The summed E-state index contributed by atoms with van der Waals surface area (Å²) in [6.07, 6.45) is 3.42. The van der Waals surface area contributed by atoms with Crippen molar-refractivity contribution in [3.63, 3.8) is 0 Å². The van der Waals surface area contributed by atoms with Gasteiger partial charge in [-0.3, -0.25) is 14.7 Å². The van der Waals surface area contributed by atoms with Gasteiger partial charge in [0, 0.05) is 56.5 Å². The zero-order chi connectivity index (χ0) is 22.0. The maximum absolute atomic E-state index is 13.3. The molecule has 3 aromatic rings. The number of hydrogen-bond acceptors (Lipinski definition) is 5. The van der Waals surface area contributed by atoms with E-state index in [1.807, 2.05) is 26.0 Å². The molecule has 1 unspecified atom stereocenters. The van der Waals surface area contributed by atoms with Crippen molar-refractivity contribution in [3.8, 4) is 5.75 Å². The van der Waals surface area contributed by atoms with E-state index in [1.54, 1.807) is 35.2 Å². The predicted octanol–water partition coefficient (Wildman–Crippen LogP) is 3.33. The zero-order valence-corrected chi connectivity index (χ0v) is 17.8. The van der Waals surface area contributed by atoms with Crippen LogP contribution in [0, 0.1) is 12.7 Å². The van der Waals surface area contributed by atoms with Crippen molar-refractivity contribution in [2.45, 2.75) is 26.4 Å². The second kappa shape index (κ2) is 8.89.